The lowest BCUT2D eigenvalue weighted by Gasteiger charge is -2.22. The van der Waals surface area contributed by atoms with Gasteiger partial charge in [-0.15, -0.1) is 0 Å². The van der Waals surface area contributed by atoms with Crippen molar-refractivity contribution in [3.8, 4) is 17.0 Å². The van der Waals surface area contributed by atoms with Crippen LogP contribution >= 0.6 is 0 Å². The standard InChI is InChI=1S/C18H19N3O3/c1-24-15-5-3-10-19-16(15)12-6-8-13(9-7-12)17(22)21-14-4-2-11-20-18(14)23/h3,5-10,14H,2,4,11H2,1H3,(H,20,23)(H,21,22)/t14-/m0/s1. The third-order valence-electron chi connectivity index (χ3n) is 4.00. The molecule has 1 saturated heterocycles. The Bertz CT molecular complexity index is 743. The fourth-order valence-corrected chi connectivity index (χ4v) is 2.70. The van der Waals surface area contributed by atoms with Gasteiger partial charge in [0.15, 0.2) is 0 Å². The maximum absolute atomic E-state index is 12.3. The van der Waals surface area contributed by atoms with E-state index in [-0.39, 0.29) is 11.8 Å². The van der Waals surface area contributed by atoms with E-state index in [0.29, 0.717) is 24.3 Å². The smallest absolute Gasteiger partial charge is 0.251 e. The molecule has 2 amide bonds. The number of aromatic nitrogens is 1. The number of rotatable bonds is 4. The maximum Gasteiger partial charge on any atom is 0.251 e. The molecule has 2 aromatic rings. The van der Waals surface area contributed by atoms with Crippen molar-refractivity contribution in [1.82, 2.24) is 15.6 Å². The molecule has 6 heteroatoms. The number of methoxy groups -OCH3 is 1. The van der Waals surface area contributed by atoms with Gasteiger partial charge in [0.25, 0.3) is 5.91 Å². The highest BCUT2D eigenvalue weighted by atomic mass is 16.5. The summed E-state index contributed by atoms with van der Waals surface area (Å²) in [7, 11) is 1.59. The van der Waals surface area contributed by atoms with Crippen molar-refractivity contribution in [2.75, 3.05) is 13.7 Å². The zero-order valence-electron chi connectivity index (χ0n) is 13.4. The van der Waals surface area contributed by atoms with Gasteiger partial charge in [-0.25, -0.2) is 0 Å². The molecule has 0 saturated carbocycles. The topological polar surface area (TPSA) is 80.3 Å². The second kappa shape index (κ2) is 7.12. The highest BCUT2D eigenvalue weighted by Gasteiger charge is 2.24. The molecule has 2 heterocycles. The zero-order chi connectivity index (χ0) is 16.9. The minimum Gasteiger partial charge on any atom is -0.494 e. The lowest BCUT2D eigenvalue weighted by Crippen LogP contribution is -2.50. The highest BCUT2D eigenvalue weighted by molar-refractivity contribution is 5.98. The quantitative estimate of drug-likeness (QED) is 0.898. The first-order valence-electron chi connectivity index (χ1n) is 7.87. The molecule has 2 N–H and O–H groups in total. The van der Waals surface area contributed by atoms with Gasteiger partial charge in [0, 0.05) is 23.9 Å². The summed E-state index contributed by atoms with van der Waals surface area (Å²) < 4.78 is 5.30. The van der Waals surface area contributed by atoms with Gasteiger partial charge in [-0.05, 0) is 37.1 Å². The predicted molar refractivity (Wildman–Crippen MR) is 89.7 cm³/mol. The zero-order valence-corrected chi connectivity index (χ0v) is 13.4. The average molecular weight is 325 g/mol. The molecule has 0 radical (unpaired) electrons. The van der Waals surface area contributed by atoms with Crippen molar-refractivity contribution < 1.29 is 14.3 Å². The van der Waals surface area contributed by atoms with Gasteiger partial charge in [0.05, 0.1) is 7.11 Å². The summed E-state index contributed by atoms with van der Waals surface area (Å²) in [5.74, 6) is 0.301. The van der Waals surface area contributed by atoms with E-state index in [0.717, 1.165) is 17.7 Å². The van der Waals surface area contributed by atoms with E-state index in [9.17, 15) is 9.59 Å². The Morgan fingerprint density at radius 3 is 2.79 bits per heavy atom. The number of pyridine rings is 1. The fraction of sp³-hybridized carbons (Fsp3) is 0.278. The molecule has 0 spiro atoms. The van der Waals surface area contributed by atoms with Gasteiger partial charge in [-0.1, -0.05) is 12.1 Å². The second-order valence-electron chi connectivity index (χ2n) is 5.59. The summed E-state index contributed by atoms with van der Waals surface area (Å²) in [5, 5.41) is 5.53. The van der Waals surface area contributed by atoms with Crippen molar-refractivity contribution in [2.24, 2.45) is 0 Å². The molecule has 6 nitrogen and oxygen atoms in total. The van der Waals surface area contributed by atoms with Crippen molar-refractivity contribution in [3.05, 3.63) is 48.2 Å². The van der Waals surface area contributed by atoms with Crippen LogP contribution < -0.4 is 15.4 Å². The number of amides is 2. The Labute approximate surface area is 140 Å². The second-order valence-corrected chi connectivity index (χ2v) is 5.59. The number of hydrogen-bond acceptors (Lipinski definition) is 4. The van der Waals surface area contributed by atoms with E-state index in [1.165, 1.54) is 0 Å². The van der Waals surface area contributed by atoms with Crippen LogP contribution in [-0.4, -0.2) is 36.5 Å². The number of ether oxygens (including phenoxy) is 1. The lowest BCUT2D eigenvalue weighted by molar-refractivity contribution is -0.124. The number of nitrogens with zero attached hydrogens (tertiary/aromatic N) is 1. The Morgan fingerprint density at radius 1 is 1.29 bits per heavy atom. The molecule has 0 unspecified atom stereocenters. The molecular formula is C18H19N3O3. The average Bonchev–Trinajstić information content (AvgIpc) is 2.63. The van der Waals surface area contributed by atoms with Crippen LogP contribution in [0.15, 0.2) is 42.6 Å². The van der Waals surface area contributed by atoms with Crippen molar-refractivity contribution in [1.29, 1.82) is 0 Å². The maximum atomic E-state index is 12.3. The monoisotopic (exact) mass is 325 g/mol. The first-order valence-corrected chi connectivity index (χ1v) is 7.87. The molecule has 124 valence electrons. The summed E-state index contributed by atoms with van der Waals surface area (Å²) in [6.45, 7) is 0.672. The molecule has 3 rings (SSSR count). The van der Waals surface area contributed by atoms with Gasteiger partial charge >= 0.3 is 0 Å². The number of carbonyl (C=O) groups is 2. The van der Waals surface area contributed by atoms with Gasteiger partial charge in [0.1, 0.15) is 17.5 Å². The minimum absolute atomic E-state index is 0.121. The third kappa shape index (κ3) is 3.37. The van der Waals surface area contributed by atoms with Crippen molar-refractivity contribution in [3.63, 3.8) is 0 Å². The van der Waals surface area contributed by atoms with E-state index in [2.05, 4.69) is 15.6 Å². The van der Waals surface area contributed by atoms with E-state index in [1.807, 2.05) is 18.2 Å². The van der Waals surface area contributed by atoms with Crippen molar-refractivity contribution in [2.45, 2.75) is 18.9 Å². The molecule has 24 heavy (non-hydrogen) atoms. The van der Waals surface area contributed by atoms with Crippen LogP contribution in [0.4, 0.5) is 0 Å². The Kier molecular flexibility index (Phi) is 4.74. The Morgan fingerprint density at radius 2 is 2.08 bits per heavy atom. The molecule has 1 aliphatic rings. The Hall–Kier alpha value is -2.89. The number of nitrogens with one attached hydrogen (secondary N) is 2. The van der Waals surface area contributed by atoms with E-state index < -0.39 is 6.04 Å². The van der Waals surface area contributed by atoms with Crippen LogP contribution in [0.2, 0.25) is 0 Å². The molecular weight excluding hydrogens is 306 g/mol. The van der Waals surface area contributed by atoms with Crippen LogP contribution in [0.25, 0.3) is 11.3 Å². The molecule has 1 aromatic heterocycles. The summed E-state index contributed by atoms with van der Waals surface area (Å²) in [4.78, 5) is 28.3. The molecule has 1 fully saturated rings. The largest absolute Gasteiger partial charge is 0.494 e. The SMILES string of the molecule is COc1cccnc1-c1ccc(C(=O)N[C@H]2CCCNC2=O)cc1. The minimum atomic E-state index is -0.457. The summed E-state index contributed by atoms with van der Waals surface area (Å²) in [6, 6.07) is 10.3. The van der Waals surface area contributed by atoms with E-state index in [4.69, 9.17) is 4.74 Å². The highest BCUT2D eigenvalue weighted by Crippen LogP contribution is 2.27. The van der Waals surface area contributed by atoms with Gasteiger partial charge < -0.3 is 15.4 Å². The summed E-state index contributed by atoms with van der Waals surface area (Å²) >= 11 is 0. The summed E-state index contributed by atoms with van der Waals surface area (Å²) in [6.07, 6.45) is 3.23. The number of benzene rings is 1. The first-order chi connectivity index (χ1) is 11.7. The first kappa shape index (κ1) is 16.0. The van der Waals surface area contributed by atoms with Crippen LogP contribution in [0.3, 0.4) is 0 Å². The van der Waals surface area contributed by atoms with Gasteiger partial charge in [0.2, 0.25) is 5.91 Å². The summed E-state index contributed by atoms with van der Waals surface area (Å²) in [5.41, 5.74) is 2.09. The van der Waals surface area contributed by atoms with E-state index >= 15 is 0 Å². The normalized spacial score (nSPS) is 17.0. The number of piperidine rings is 1. The van der Waals surface area contributed by atoms with Crippen LogP contribution in [-0.2, 0) is 4.79 Å². The van der Waals surface area contributed by atoms with Gasteiger partial charge in [-0.2, -0.15) is 0 Å². The molecule has 1 aliphatic heterocycles. The van der Waals surface area contributed by atoms with Crippen LogP contribution in [0.1, 0.15) is 23.2 Å². The predicted octanol–water partition coefficient (Wildman–Crippen LogP) is 1.77. The molecule has 0 bridgehead atoms. The molecule has 0 aliphatic carbocycles. The Balaban J connectivity index is 1.74. The van der Waals surface area contributed by atoms with Crippen molar-refractivity contribution >= 4 is 11.8 Å². The van der Waals surface area contributed by atoms with Crippen LogP contribution in [0, 0.1) is 0 Å². The van der Waals surface area contributed by atoms with Gasteiger partial charge in [-0.3, -0.25) is 14.6 Å². The molecule has 1 atom stereocenters. The number of hydrogen-bond donors (Lipinski definition) is 2. The van der Waals surface area contributed by atoms with E-state index in [1.54, 1.807) is 31.5 Å². The van der Waals surface area contributed by atoms with Crippen LogP contribution in [0.5, 0.6) is 5.75 Å². The number of carbonyl (C=O) groups excluding carboxylic acids is 2. The lowest BCUT2D eigenvalue weighted by atomic mass is 10.0. The third-order valence-corrected chi connectivity index (χ3v) is 4.00. The molecule has 1 aromatic carbocycles. The fourth-order valence-electron chi connectivity index (χ4n) is 2.70.